The lowest BCUT2D eigenvalue weighted by Gasteiger charge is -2.32. The molecule has 0 saturated carbocycles. The predicted octanol–water partition coefficient (Wildman–Crippen LogP) is 3.63. The first-order valence-electron chi connectivity index (χ1n) is 10.2. The van der Waals surface area contributed by atoms with Gasteiger partial charge in [-0.2, -0.15) is 0 Å². The Morgan fingerprint density at radius 2 is 1.83 bits per heavy atom. The molecule has 1 amide bonds. The van der Waals surface area contributed by atoms with Crippen molar-refractivity contribution in [3.8, 4) is 5.75 Å². The minimum absolute atomic E-state index is 0.00155. The van der Waals surface area contributed by atoms with Crippen molar-refractivity contribution in [3.05, 3.63) is 64.1 Å². The summed E-state index contributed by atoms with van der Waals surface area (Å²) < 4.78 is 33.6. The van der Waals surface area contributed by atoms with Crippen LogP contribution in [-0.4, -0.2) is 38.3 Å². The highest BCUT2D eigenvalue weighted by atomic mass is 79.9. The van der Waals surface area contributed by atoms with E-state index in [4.69, 9.17) is 4.74 Å². The largest absolute Gasteiger partial charge is 0.493 e. The van der Waals surface area contributed by atoms with Crippen LogP contribution in [0.5, 0.6) is 5.75 Å². The number of sulfonamides is 1. The van der Waals surface area contributed by atoms with E-state index in [1.165, 1.54) is 4.31 Å². The van der Waals surface area contributed by atoms with E-state index in [9.17, 15) is 13.2 Å². The molecule has 6 nitrogen and oxygen atoms in total. The first-order chi connectivity index (χ1) is 14.4. The predicted molar refractivity (Wildman–Crippen MR) is 119 cm³/mol. The fourth-order valence-electron chi connectivity index (χ4n) is 4.08. The molecule has 8 heteroatoms. The van der Waals surface area contributed by atoms with Crippen molar-refractivity contribution in [2.45, 2.75) is 31.1 Å². The maximum atomic E-state index is 12.9. The molecule has 0 radical (unpaired) electrons. The highest BCUT2D eigenvalue weighted by Crippen LogP contribution is 2.34. The maximum absolute atomic E-state index is 12.9. The van der Waals surface area contributed by atoms with E-state index in [0.29, 0.717) is 32.5 Å². The molecule has 1 unspecified atom stereocenters. The number of benzene rings is 2. The summed E-state index contributed by atoms with van der Waals surface area (Å²) in [6.07, 6.45) is 1.79. The van der Waals surface area contributed by atoms with Crippen LogP contribution in [0, 0.1) is 5.92 Å². The van der Waals surface area contributed by atoms with Gasteiger partial charge in [0, 0.05) is 35.5 Å². The Morgan fingerprint density at radius 3 is 2.57 bits per heavy atom. The number of nitrogens with one attached hydrogen (secondary N) is 1. The van der Waals surface area contributed by atoms with Gasteiger partial charge in [0.1, 0.15) is 5.75 Å². The molecule has 0 aliphatic carbocycles. The zero-order valence-electron chi connectivity index (χ0n) is 16.6. The number of halogens is 1. The number of fused-ring (bicyclic) bond motifs is 1. The van der Waals surface area contributed by atoms with Crippen molar-refractivity contribution >= 4 is 31.9 Å². The fraction of sp³-hybridized carbons (Fsp3) is 0.409. The van der Waals surface area contributed by atoms with Crippen LogP contribution in [0.1, 0.15) is 36.4 Å². The van der Waals surface area contributed by atoms with Gasteiger partial charge in [0.05, 0.1) is 18.4 Å². The van der Waals surface area contributed by atoms with Gasteiger partial charge in [0.25, 0.3) is 0 Å². The van der Waals surface area contributed by atoms with Gasteiger partial charge in [-0.05, 0) is 36.6 Å². The third kappa shape index (κ3) is 4.87. The first kappa shape index (κ1) is 21.3. The second-order valence-electron chi connectivity index (χ2n) is 7.80. The van der Waals surface area contributed by atoms with Gasteiger partial charge in [-0.15, -0.1) is 0 Å². The molecule has 2 aliphatic rings. The highest BCUT2D eigenvalue weighted by molar-refractivity contribution is 9.10. The number of hydrogen-bond donors (Lipinski definition) is 1. The smallest absolute Gasteiger partial charge is 0.223 e. The zero-order chi connectivity index (χ0) is 21.1. The molecule has 1 N–H and O–H groups in total. The standard InChI is InChI=1S/C22H25BrN2O4S/c23-18-6-7-21-19(14-18)20(10-13-29-21)24-22(26)17-8-11-25(12-9-17)30(27,28)15-16-4-2-1-3-5-16/h1-7,14,17,20H,8-13,15H2,(H,24,26). The number of ether oxygens (including phenoxy) is 1. The average Bonchev–Trinajstić information content (AvgIpc) is 2.74. The molecule has 1 fully saturated rings. The Balaban J connectivity index is 1.35. The molecule has 2 aromatic carbocycles. The summed E-state index contributed by atoms with van der Waals surface area (Å²) >= 11 is 3.48. The van der Waals surface area contributed by atoms with Gasteiger partial charge in [-0.1, -0.05) is 46.3 Å². The van der Waals surface area contributed by atoms with Crippen LogP contribution in [-0.2, 0) is 20.6 Å². The van der Waals surface area contributed by atoms with Gasteiger partial charge in [-0.25, -0.2) is 12.7 Å². The Bertz CT molecular complexity index is 1010. The van der Waals surface area contributed by atoms with Gasteiger partial charge in [-0.3, -0.25) is 4.79 Å². The zero-order valence-corrected chi connectivity index (χ0v) is 19.0. The van der Waals surface area contributed by atoms with E-state index in [2.05, 4.69) is 21.2 Å². The normalized spacial score (nSPS) is 20.2. The molecule has 4 rings (SSSR count). The van der Waals surface area contributed by atoms with Crippen LogP contribution in [0.3, 0.4) is 0 Å². The summed E-state index contributed by atoms with van der Waals surface area (Å²) in [5, 5.41) is 3.16. The van der Waals surface area contributed by atoms with Crippen molar-refractivity contribution in [3.63, 3.8) is 0 Å². The molecule has 0 bridgehead atoms. The molecular weight excluding hydrogens is 468 g/mol. The SMILES string of the molecule is O=C(NC1CCOc2ccc(Br)cc21)C1CCN(S(=O)(=O)Cc2ccccc2)CC1. The van der Waals surface area contributed by atoms with E-state index in [-0.39, 0.29) is 23.6 Å². The maximum Gasteiger partial charge on any atom is 0.223 e. The summed E-state index contributed by atoms with van der Waals surface area (Å²) in [6, 6.07) is 14.9. The van der Waals surface area contributed by atoms with Crippen molar-refractivity contribution in [2.24, 2.45) is 5.92 Å². The average molecular weight is 493 g/mol. The van der Waals surface area contributed by atoms with E-state index in [0.717, 1.165) is 27.8 Å². The summed E-state index contributed by atoms with van der Waals surface area (Å²) in [5.41, 5.74) is 1.76. The summed E-state index contributed by atoms with van der Waals surface area (Å²) in [7, 11) is -3.38. The van der Waals surface area contributed by atoms with Crippen molar-refractivity contribution in [1.82, 2.24) is 9.62 Å². The van der Waals surface area contributed by atoms with Gasteiger partial charge >= 0.3 is 0 Å². The van der Waals surface area contributed by atoms with Gasteiger partial charge in [0.2, 0.25) is 15.9 Å². The van der Waals surface area contributed by atoms with E-state index >= 15 is 0 Å². The Kier molecular flexibility index (Phi) is 6.46. The summed E-state index contributed by atoms with van der Waals surface area (Å²) in [6.45, 7) is 1.32. The molecule has 1 atom stereocenters. The van der Waals surface area contributed by atoms with Gasteiger partial charge < -0.3 is 10.1 Å². The quantitative estimate of drug-likeness (QED) is 0.691. The number of nitrogens with zero attached hydrogens (tertiary/aromatic N) is 1. The molecular formula is C22H25BrN2O4S. The molecule has 0 spiro atoms. The number of amides is 1. The minimum Gasteiger partial charge on any atom is -0.493 e. The lowest BCUT2D eigenvalue weighted by Crippen LogP contribution is -2.44. The van der Waals surface area contributed by atoms with Crippen LogP contribution in [0.15, 0.2) is 53.0 Å². The molecule has 160 valence electrons. The molecule has 2 aliphatic heterocycles. The summed E-state index contributed by atoms with van der Waals surface area (Å²) in [4.78, 5) is 12.9. The lowest BCUT2D eigenvalue weighted by molar-refractivity contribution is -0.127. The van der Waals surface area contributed by atoms with Crippen LogP contribution in [0.2, 0.25) is 0 Å². The molecule has 0 aromatic heterocycles. The van der Waals surface area contributed by atoms with Crippen molar-refractivity contribution < 1.29 is 17.9 Å². The second kappa shape index (κ2) is 9.08. The van der Waals surface area contributed by atoms with Crippen LogP contribution in [0.4, 0.5) is 0 Å². The fourth-order valence-corrected chi connectivity index (χ4v) is 6.02. The van der Waals surface area contributed by atoms with Crippen molar-refractivity contribution in [2.75, 3.05) is 19.7 Å². The first-order valence-corrected chi connectivity index (χ1v) is 12.6. The number of carbonyl (C=O) groups is 1. The van der Waals surface area contributed by atoms with E-state index < -0.39 is 10.0 Å². The van der Waals surface area contributed by atoms with E-state index in [1.807, 2.05) is 48.5 Å². The van der Waals surface area contributed by atoms with Gasteiger partial charge in [0.15, 0.2) is 0 Å². The Hall–Kier alpha value is -1.90. The third-order valence-electron chi connectivity index (χ3n) is 5.74. The third-order valence-corrected chi connectivity index (χ3v) is 8.08. The van der Waals surface area contributed by atoms with Crippen LogP contribution in [0.25, 0.3) is 0 Å². The van der Waals surface area contributed by atoms with Crippen molar-refractivity contribution in [1.29, 1.82) is 0 Å². The number of carbonyl (C=O) groups excluding carboxylic acids is 1. The molecule has 2 aromatic rings. The minimum atomic E-state index is -3.38. The Labute approximate surface area is 185 Å². The van der Waals surface area contributed by atoms with Crippen LogP contribution >= 0.6 is 15.9 Å². The van der Waals surface area contributed by atoms with Crippen LogP contribution < -0.4 is 10.1 Å². The molecule has 1 saturated heterocycles. The molecule has 30 heavy (non-hydrogen) atoms. The number of hydrogen-bond acceptors (Lipinski definition) is 4. The number of piperidine rings is 1. The summed E-state index contributed by atoms with van der Waals surface area (Å²) in [5.74, 6) is 0.620. The topological polar surface area (TPSA) is 75.7 Å². The Morgan fingerprint density at radius 1 is 1.10 bits per heavy atom. The second-order valence-corrected chi connectivity index (χ2v) is 10.7. The lowest BCUT2D eigenvalue weighted by atomic mass is 9.95. The number of rotatable bonds is 5. The monoisotopic (exact) mass is 492 g/mol. The van der Waals surface area contributed by atoms with E-state index in [1.54, 1.807) is 0 Å². The highest BCUT2D eigenvalue weighted by Gasteiger charge is 2.33. The molecule has 2 heterocycles.